The van der Waals surface area contributed by atoms with E-state index in [2.05, 4.69) is 21.9 Å². The van der Waals surface area contributed by atoms with E-state index in [0.717, 1.165) is 0 Å². The first-order valence-electron chi connectivity index (χ1n) is 3.69. The number of nitrogens with two attached hydrogens (primary N) is 1. The number of nitrogens with zero attached hydrogens (tertiary/aromatic N) is 2. The molecule has 0 saturated carbocycles. The lowest BCUT2D eigenvalue weighted by Crippen LogP contribution is -2.12. The summed E-state index contributed by atoms with van der Waals surface area (Å²) in [6, 6.07) is 0.183. The third kappa shape index (κ3) is 2.23. The lowest BCUT2D eigenvalue weighted by atomic mass is 10.3. The monoisotopic (exact) mass is 164 g/mol. The SMILES string of the molecule is C=CC(C)Nc1cnc(N)cn1. The molecule has 0 amide bonds. The first-order chi connectivity index (χ1) is 5.72. The van der Waals surface area contributed by atoms with E-state index in [-0.39, 0.29) is 6.04 Å². The average molecular weight is 164 g/mol. The van der Waals surface area contributed by atoms with Crippen molar-refractivity contribution in [1.82, 2.24) is 9.97 Å². The summed E-state index contributed by atoms with van der Waals surface area (Å²) in [5, 5.41) is 3.07. The second kappa shape index (κ2) is 3.71. The van der Waals surface area contributed by atoms with Crippen molar-refractivity contribution in [1.29, 1.82) is 0 Å². The van der Waals surface area contributed by atoms with Crippen molar-refractivity contribution >= 4 is 11.6 Å². The Bertz CT molecular complexity index is 254. The fourth-order valence-electron chi connectivity index (χ4n) is 0.705. The van der Waals surface area contributed by atoms with Crippen molar-refractivity contribution < 1.29 is 0 Å². The van der Waals surface area contributed by atoms with Gasteiger partial charge < -0.3 is 11.1 Å². The second-order valence-electron chi connectivity index (χ2n) is 2.50. The number of rotatable bonds is 3. The van der Waals surface area contributed by atoms with Crippen molar-refractivity contribution in [3.8, 4) is 0 Å². The fraction of sp³-hybridized carbons (Fsp3) is 0.250. The molecule has 64 valence electrons. The van der Waals surface area contributed by atoms with E-state index in [1.807, 2.05) is 6.92 Å². The maximum absolute atomic E-state index is 5.37. The zero-order valence-corrected chi connectivity index (χ0v) is 6.99. The predicted octanol–water partition coefficient (Wildman–Crippen LogP) is 1.05. The highest BCUT2D eigenvalue weighted by Gasteiger charge is 1.97. The average Bonchev–Trinajstić information content (AvgIpc) is 2.09. The molecule has 0 saturated heterocycles. The number of hydrogen-bond donors (Lipinski definition) is 2. The molecule has 3 N–H and O–H groups in total. The summed E-state index contributed by atoms with van der Waals surface area (Å²) >= 11 is 0. The summed E-state index contributed by atoms with van der Waals surface area (Å²) in [5.74, 6) is 1.13. The van der Waals surface area contributed by atoms with Crippen LogP contribution in [0.3, 0.4) is 0 Å². The first-order valence-corrected chi connectivity index (χ1v) is 3.69. The molecule has 0 aliphatic carbocycles. The van der Waals surface area contributed by atoms with Crippen LogP contribution in [0.1, 0.15) is 6.92 Å². The van der Waals surface area contributed by atoms with Gasteiger partial charge in [0.2, 0.25) is 0 Å². The number of aromatic nitrogens is 2. The maximum atomic E-state index is 5.37. The van der Waals surface area contributed by atoms with Crippen LogP contribution in [-0.4, -0.2) is 16.0 Å². The Morgan fingerprint density at radius 3 is 2.83 bits per heavy atom. The third-order valence-electron chi connectivity index (χ3n) is 1.40. The Labute approximate surface area is 71.5 Å². The van der Waals surface area contributed by atoms with Gasteiger partial charge in [-0.3, -0.25) is 0 Å². The van der Waals surface area contributed by atoms with Gasteiger partial charge in [-0.25, -0.2) is 9.97 Å². The molecule has 4 nitrogen and oxygen atoms in total. The smallest absolute Gasteiger partial charge is 0.145 e. The lowest BCUT2D eigenvalue weighted by molar-refractivity contribution is 0.977. The van der Waals surface area contributed by atoms with Crippen LogP contribution in [0, 0.1) is 0 Å². The number of hydrogen-bond acceptors (Lipinski definition) is 4. The molecule has 1 unspecified atom stereocenters. The number of anilines is 2. The first kappa shape index (κ1) is 8.52. The van der Waals surface area contributed by atoms with Crippen LogP contribution in [0.25, 0.3) is 0 Å². The highest BCUT2D eigenvalue weighted by molar-refractivity contribution is 5.37. The van der Waals surface area contributed by atoms with Gasteiger partial charge in [-0.05, 0) is 6.92 Å². The lowest BCUT2D eigenvalue weighted by Gasteiger charge is -2.08. The molecule has 0 spiro atoms. The summed E-state index contributed by atoms with van der Waals surface area (Å²) in [6.07, 6.45) is 4.89. The Morgan fingerprint density at radius 1 is 1.58 bits per heavy atom. The second-order valence-corrected chi connectivity index (χ2v) is 2.50. The van der Waals surface area contributed by atoms with Crippen molar-refractivity contribution in [2.24, 2.45) is 0 Å². The van der Waals surface area contributed by atoms with Gasteiger partial charge in [0.15, 0.2) is 0 Å². The van der Waals surface area contributed by atoms with E-state index in [1.54, 1.807) is 12.3 Å². The Balaban J connectivity index is 2.64. The van der Waals surface area contributed by atoms with Gasteiger partial charge in [0, 0.05) is 6.04 Å². The molecular weight excluding hydrogens is 152 g/mol. The van der Waals surface area contributed by atoms with Crippen LogP contribution >= 0.6 is 0 Å². The Hall–Kier alpha value is -1.58. The van der Waals surface area contributed by atoms with Crippen LogP contribution in [-0.2, 0) is 0 Å². The molecule has 0 aromatic carbocycles. The zero-order chi connectivity index (χ0) is 8.97. The molecule has 0 bridgehead atoms. The minimum absolute atomic E-state index is 0.183. The van der Waals surface area contributed by atoms with E-state index < -0.39 is 0 Å². The topological polar surface area (TPSA) is 63.8 Å². The summed E-state index contributed by atoms with van der Waals surface area (Å²) in [5.41, 5.74) is 5.37. The highest BCUT2D eigenvalue weighted by Crippen LogP contribution is 2.03. The van der Waals surface area contributed by atoms with Crippen LogP contribution in [0.5, 0.6) is 0 Å². The minimum Gasteiger partial charge on any atom is -0.382 e. The molecule has 1 atom stereocenters. The van der Waals surface area contributed by atoms with Gasteiger partial charge in [-0.15, -0.1) is 6.58 Å². The molecule has 4 heteroatoms. The summed E-state index contributed by atoms with van der Waals surface area (Å²) in [4.78, 5) is 7.90. The summed E-state index contributed by atoms with van der Waals surface area (Å²) in [6.45, 7) is 5.62. The van der Waals surface area contributed by atoms with Gasteiger partial charge in [-0.1, -0.05) is 6.08 Å². The van der Waals surface area contributed by atoms with Crippen molar-refractivity contribution in [2.75, 3.05) is 11.1 Å². The largest absolute Gasteiger partial charge is 0.382 e. The summed E-state index contributed by atoms with van der Waals surface area (Å²) in [7, 11) is 0. The van der Waals surface area contributed by atoms with Gasteiger partial charge >= 0.3 is 0 Å². The van der Waals surface area contributed by atoms with E-state index >= 15 is 0 Å². The molecular formula is C8H12N4. The number of nitrogens with one attached hydrogen (secondary N) is 1. The van der Waals surface area contributed by atoms with Crippen LogP contribution < -0.4 is 11.1 Å². The van der Waals surface area contributed by atoms with Crippen LogP contribution in [0.4, 0.5) is 11.6 Å². The summed E-state index contributed by atoms with van der Waals surface area (Å²) < 4.78 is 0. The van der Waals surface area contributed by atoms with E-state index in [9.17, 15) is 0 Å². The molecule has 1 aromatic heterocycles. The minimum atomic E-state index is 0.183. The van der Waals surface area contributed by atoms with Crippen molar-refractivity contribution in [3.05, 3.63) is 25.0 Å². The number of nitrogen functional groups attached to an aromatic ring is 1. The molecule has 0 radical (unpaired) electrons. The molecule has 12 heavy (non-hydrogen) atoms. The van der Waals surface area contributed by atoms with Crippen molar-refractivity contribution in [3.63, 3.8) is 0 Å². The quantitative estimate of drug-likeness (QED) is 0.655. The Morgan fingerprint density at radius 2 is 2.33 bits per heavy atom. The molecule has 0 aliphatic heterocycles. The zero-order valence-electron chi connectivity index (χ0n) is 6.99. The van der Waals surface area contributed by atoms with E-state index in [0.29, 0.717) is 11.6 Å². The fourth-order valence-corrected chi connectivity index (χ4v) is 0.705. The highest BCUT2D eigenvalue weighted by atomic mass is 15.0. The third-order valence-corrected chi connectivity index (χ3v) is 1.40. The van der Waals surface area contributed by atoms with Gasteiger partial charge in [-0.2, -0.15) is 0 Å². The van der Waals surface area contributed by atoms with Gasteiger partial charge in [0.25, 0.3) is 0 Å². The van der Waals surface area contributed by atoms with Gasteiger partial charge in [0.05, 0.1) is 12.4 Å². The molecule has 1 heterocycles. The standard InChI is InChI=1S/C8H12N4/c1-3-6(2)12-8-5-10-7(9)4-11-8/h3-6H,1H2,2H3,(H2,9,10)(H,11,12). The molecule has 0 fully saturated rings. The van der Waals surface area contributed by atoms with E-state index in [4.69, 9.17) is 5.73 Å². The van der Waals surface area contributed by atoms with Crippen molar-refractivity contribution in [2.45, 2.75) is 13.0 Å². The molecule has 0 aliphatic rings. The maximum Gasteiger partial charge on any atom is 0.145 e. The normalized spacial score (nSPS) is 12.1. The predicted molar refractivity (Wildman–Crippen MR) is 49.7 cm³/mol. The Kier molecular flexibility index (Phi) is 2.63. The van der Waals surface area contributed by atoms with Crippen LogP contribution in [0.2, 0.25) is 0 Å². The van der Waals surface area contributed by atoms with E-state index in [1.165, 1.54) is 6.20 Å². The molecule has 1 aromatic rings. The van der Waals surface area contributed by atoms with Gasteiger partial charge in [0.1, 0.15) is 11.6 Å². The molecule has 1 rings (SSSR count). The van der Waals surface area contributed by atoms with Crippen LogP contribution in [0.15, 0.2) is 25.0 Å².